The highest BCUT2D eigenvalue weighted by Crippen LogP contribution is 2.23. The Morgan fingerprint density at radius 3 is 2.46 bits per heavy atom. The molecule has 1 aliphatic rings. The van der Waals surface area contributed by atoms with Gasteiger partial charge in [0.25, 0.3) is 0 Å². The lowest BCUT2D eigenvalue weighted by molar-refractivity contribution is 0.109. The van der Waals surface area contributed by atoms with Crippen LogP contribution < -0.4 is 4.72 Å². The molecule has 0 saturated carbocycles. The molecule has 0 radical (unpaired) electrons. The molecule has 1 atom stereocenters. The number of halogens is 1. The summed E-state index contributed by atoms with van der Waals surface area (Å²) in [5.41, 5.74) is 1.10. The van der Waals surface area contributed by atoms with Gasteiger partial charge in [-0.15, -0.1) is 0 Å². The molecule has 26 heavy (non-hydrogen) atoms. The number of nitrogens with zero attached hydrogens (tertiary/aromatic N) is 3. The van der Waals surface area contributed by atoms with E-state index in [0.29, 0.717) is 11.6 Å². The minimum atomic E-state index is -3.61. The van der Waals surface area contributed by atoms with Crippen molar-refractivity contribution < 1.29 is 8.42 Å². The molecule has 3 rings (SSSR count). The Morgan fingerprint density at radius 2 is 1.85 bits per heavy atom. The number of nitrogens with one attached hydrogen (secondary N) is 1. The number of piperazine rings is 1. The Labute approximate surface area is 160 Å². The van der Waals surface area contributed by atoms with Crippen molar-refractivity contribution in [1.29, 1.82) is 0 Å². The molecule has 6 nitrogen and oxygen atoms in total. The van der Waals surface area contributed by atoms with Crippen LogP contribution in [0, 0.1) is 0 Å². The number of rotatable bonds is 6. The molecule has 1 unspecified atom stereocenters. The average Bonchev–Trinajstić information content (AvgIpc) is 3.02. The third kappa shape index (κ3) is 4.47. The summed E-state index contributed by atoms with van der Waals surface area (Å²) in [4.78, 5) is 4.82. The Morgan fingerprint density at radius 1 is 1.12 bits per heavy atom. The highest BCUT2D eigenvalue weighted by Gasteiger charge is 2.27. The second kappa shape index (κ2) is 8.10. The van der Waals surface area contributed by atoms with Gasteiger partial charge in [0.05, 0.1) is 10.9 Å². The van der Waals surface area contributed by atoms with Crippen LogP contribution >= 0.6 is 11.6 Å². The topological polar surface area (TPSA) is 57.6 Å². The van der Waals surface area contributed by atoms with Crippen molar-refractivity contribution in [2.24, 2.45) is 7.05 Å². The molecule has 1 aromatic carbocycles. The van der Waals surface area contributed by atoms with E-state index in [9.17, 15) is 8.42 Å². The van der Waals surface area contributed by atoms with E-state index in [1.807, 2.05) is 19.3 Å². The van der Waals surface area contributed by atoms with Gasteiger partial charge in [0.2, 0.25) is 10.0 Å². The maximum atomic E-state index is 12.7. The van der Waals surface area contributed by atoms with Crippen LogP contribution in [0.1, 0.15) is 11.7 Å². The van der Waals surface area contributed by atoms with E-state index in [-0.39, 0.29) is 10.9 Å². The third-order valence-corrected chi connectivity index (χ3v) is 6.53. The van der Waals surface area contributed by atoms with Crippen molar-refractivity contribution >= 4 is 21.6 Å². The van der Waals surface area contributed by atoms with Gasteiger partial charge in [-0.25, -0.2) is 13.1 Å². The summed E-state index contributed by atoms with van der Waals surface area (Å²) in [5.74, 6) is 0. The summed E-state index contributed by atoms with van der Waals surface area (Å²) in [6.45, 7) is 4.08. The SMILES string of the molecule is CN1CCN(C(CNS(=O)(=O)c2cccc(Cl)c2)c2cccn2C)CC1. The molecular formula is C18H25ClN4O2S. The van der Waals surface area contributed by atoms with E-state index in [4.69, 9.17) is 11.6 Å². The van der Waals surface area contributed by atoms with Gasteiger partial charge in [-0.1, -0.05) is 17.7 Å². The monoisotopic (exact) mass is 396 g/mol. The van der Waals surface area contributed by atoms with Gasteiger partial charge in [-0.05, 0) is 37.4 Å². The van der Waals surface area contributed by atoms with Crippen molar-refractivity contribution in [2.75, 3.05) is 39.8 Å². The minimum absolute atomic E-state index is 0.0161. The smallest absolute Gasteiger partial charge is 0.240 e. The van der Waals surface area contributed by atoms with Crippen molar-refractivity contribution in [3.63, 3.8) is 0 Å². The number of aryl methyl sites for hydroxylation is 1. The minimum Gasteiger partial charge on any atom is -0.353 e. The number of hydrogen-bond acceptors (Lipinski definition) is 4. The summed E-state index contributed by atoms with van der Waals surface area (Å²) < 4.78 is 30.2. The molecule has 1 N–H and O–H groups in total. The van der Waals surface area contributed by atoms with Gasteiger partial charge in [-0.3, -0.25) is 4.90 Å². The molecule has 1 saturated heterocycles. The van der Waals surface area contributed by atoms with Crippen LogP contribution in [0.15, 0.2) is 47.5 Å². The second-order valence-electron chi connectivity index (χ2n) is 6.71. The van der Waals surface area contributed by atoms with Crippen molar-refractivity contribution in [2.45, 2.75) is 10.9 Å². The Kier molecular flexibility index (Phi) is 6.04. The predicted octanol–water partition coefficient (Wildman–Crippen LogP) is 1.95. The van der Waals surface area contributed by atoms with E-state index in [1.165, 1.54) is 6.07 Å². The average molecular weight is 397 g/mol. The van der Waals surface area contributed by atoms with Gasteiger partial charge >= 0.3 is 0 Å². The molecule has 8 heteroatoms. The third-order valence-electron chi connectivity index (χ3n) is 4.88. The Balaban J connectivity index is 1.79. The molecule has 1 fully saturated rings. The molecule has 0 aliphatic carbocycles. The quantitative estimate of drug-likeness (QED) is 0.810. The van der Waals surface area contributed by atoms with E-state index in [2.05, 4.69) is 32.2 Å². The maximum Gasteiger partial charge on any atom is 0.240 e. The zero-order valence-electron chi connectivity index (χ0n) is 15.1. The number of hydrogen-bond donors (Lipinski definition) is 1. The fourth-order valence-electron chi connectivity index (χ4n) is 3.28. The van der Waals surface area contributed by atoms with Crippen LogP contribution in [0.25, 0.3) is 0 Å². The lowest BCUT2D eigenvalue weighted by atomic mass is 10.1. The highest BCUT2D eigenvalue weighted by molar-refractivity contribution is 7.89. The Bertz CT molecular complexity index is 844. The molecule has 1 aliphatic heterocycles. The van der Waals surface area contributed by atoms with E-state index < -0.39 is 10.0 Å². The van der Waals surface area contributed by atoms with Gasteiger partial charge in [0.1, 0.15) is 0 Å². The lowest BCUT2D eigenvalue weighted by Crippen LogP contribution is -2.48. The van der Waals surface area contributed by atoms with Crippen LogP contribution in [0.5, 0.6) is 0 Å². The number of sulfonamides is 1. The first-order valence-corrected chi connectivity index (χ1v) is 10.5. The highest BCUT2D eigenvalue weighted by atomic mass is 35.5. The van der Waals surface area contributed by atoms with Crippen LogP contribution in [0.2, 0.25) is 5.02 Å². The predicted molar refractivity (Wildman–Crippen MR) is 104 cm³/mol. The van der Waals surface area contributed by atoms with Crippen LogP contribution in [0.3, 0.4) is 0 Å². The largest absolute Gasteiger partial charge is 0.353 e. The summed E-state index contributed by atoms with van der Waals surface area (Å²) in [6.07, 6.45) is 1.99. The normalized spacial score (nSPS) is 18.1. The van der Waals surface area contributed by atoms with E-state index >= 15 is 0 Å². The zero-order chi connectivity index (χ0) is 18.7. The first-order chi connectivity index (χ1) is 12.4. The van der Waals surface area contributed by atoms with Gasteiger partial charge in [0.15, 0.2) is 0 Å². The molecular weight excluding hydrogens is 372 g/mol. The van der Waals surface area contributed by atoms with Gasteiger partial charge < -0.3 is 9.47 Å². The van der Waals surface area contributed by atoms with Crippen molar-refractivity contribution in [3.05, 3.63) is 53.3 Å². The standard InChI is InChI=1S/C18H25ClN4O2S/c1-21-9-11-23(12-10-21)18(17-7-4-8-22(17)2)14-20-26(24,25)16-6-3-5-15(19)13-16/h3-8,13,18,20H,9-12,14H2,1-2H3. The zero-order valence-corrected chi connectivity index (χ0v) is 16.7. The van der Waals surface area contributed by atoms with Crippen molar-refractivity contribution in [3.8, 4) is 0 Å². The summed E-state index contributed by atoms with van der Waals surface area (Å²) >= 11 is 5.94. The molecule has 0 amide bonds. The first kappa shape index (κ1) is 19.4. The maximum absolute atomic E-state index is 12.7. The van der Waals surface area contributed by atoms with Crippen LogP contribution in [-0.2, 0) is 17.1 Å². The number of aromatic nitrogens is 1. The van der Waals surface area contributed by atoms with Crippen LogP contribution in [-0.4, -0.2) is 62.6 Å². The summed E-state index contributed by atoms with van der Waals surface area (Å²) in [7, 11) is 0.486. The van der Waals surface area contributed by atoms with Crippen molar-refractivity contribution in [1.82, 2.24) is 19.1 Å². The number of benzene rings is 1. The van der Waals surface area contributed by atoms with Crippen LogP contribution in [0.4, 0.5) is 0 Å². The summed E-state index contributed by atoms with van der Waals surface area (Å²) in [5, 5.41) is 0.408. The van der Waals surface area contributed by atoms with Gasteiger partial charge in [0, 0.05) is 56.7 Å². The molecule has 0 bridgehead atoms. The fraction of sp³-hybridized carbons (Fsp3) is 0.444. The molecule has 142 valence electrons. The van der Waals surface area contributed by atoms with Gasteiger partial charge in [-0.2, -0.15) is 0 Å². The Hall–Kier alpha value is -1.38. The fourth-order valence-corrected chi connectivity index (χ4v) is 4.62. The molecule has 2 aromatic rings. The molecule has 1 aromatic heterocycles. The first-order valence-electron chi connectivity index (χ1n) is 8.66. The van der Waals surface area contributed by atoms with E-state index in [0.717, 1.165) is 31.9 Å². The lowest BCUT2D eigenvalue weighted by Gasteiger charge is -2.38. The summed E-state index contributed by atoms with van der Waals surface area (Å²) in [6, 6.07) is 10.4. The molecule has 2 heterocycles. The molecule has 0 spiro atoms. The second-order valence-corrected chi connectivity index (χ2v) is 8.91. The van der Waals surface area contributed by atoms with E-state index in [1.54, 1.807) is 18.2 Å². The number of likely N-dealkylation sites (N-methyl/N-ethyl adjacent to an activating group) is 1.